The van der Waals surface area contributed by atoms with Crippen LogP contribution in [-0.4, -0.2) is 47.4 Å². The van der Waals surface area contributed by atoms with Crippen LogP contribution in [0.25, 0.3) is 0 Å². The molecule has 0 fully saturated rings. The van der Waals surface area contributed by atoms with Crippen LogP contribution in [0.5, 0.6) is 0 Å². The van der Waals surface area contributed by atoms with Crippen molar-refractivity contribution < 1.29 is 19.5 Å². The van der Waals surface area contributed by atoms with Gasteiger partial charge in [0.25, 0.3) is 5.91 Å². The molecule has 0 bridgehead atoms. The van der Waals surface area contributed by atoms with Crippen LogP contribution in [0.15, 0.2) is 46.9 Å². The zero-order valence-electron chi connectivity index (χ0n) is 18.6. The molecule has 0 radical (unpaired) electrons. The van der Waals surface area contributed by atoms with Crippen molar-refractivity contribution in [2.24, 2.45) is 0 Å². The van der Waals surface area contributed by atoms with Crippen molar-refractivity contribution in [2.45, 2.75) is 44.6 Å². The van der Waals surface area contributed by atoms with Crippen molar-refractivity contribution in [3.05, 3.63) is 62.5 Å². The number of rotatable bonds is 12. The van der Waals surface area contributed by atoms with Gasteiger partial charge in [0.1, 0.15) is 5.54 Å². The molecule has 2 aromatic carbocycles. The highest BCUT2D eigenvalue weighted by Crippen LogP contribution is 2.30. The van der Waals surface area contributed by atoms with E-state index in [2.05, 4.69) is 15.9 Å². The number of carboxylic acid groups (broad SMARTS) is 1. The summed E-state index contributed by atoms with van der Waals surface area (Å²) in [6.45, 7) is 2.07. The molecule has 1 atom stereocenters. The molecule has 9 heteroatoms. The van der Waals surface area contributed by atoms with Gasteiger partial charge in [0, 0.05) is 46.6 Å². The smallest absolute Gasteiger partial charge is 0.303 e. The predicted molar refractivity (Wildman–Crippen MR) is 135 cm³/mol. The molecule has 0 aliphatic heterocycles. The summed E-state index contributed by atoms with van der Waals surface area (Å²) in [4.78, 5) is 39.6. The zero-order chi connectivity index (χ0) is 24.6. The summed E-state index contributed by atoms with van der Waals surface area (Å²) in [5, 5.41) is 9.62. The Morgan fingerprint density at radius 3 is 2.21 bits per heavy atom. The number of hydrogen-bond donors (Lipinski definition) is 1. The number of halogens is 3. The number of aliphatic carboxylic acids is 1. The van der Waals surface area contributed by atoms with Crippen LogP contribution in [0.2, 0.25) is 10.0 Å². The normalized spacial score (nSPS) is 12.6. The van der Waals surface area contributed by atoms with Gasteiger partial charge in [-0.15, -0.1) is 0 Å². The Morgan fingerprint density at radius 2 is 1.67 bits per heavy atom. The molecule has 33 heavy (non-hydrogen) atoms. The Kier molecular flexibility index (Phi) is 10.2. The highest BCUT2D eigenvalue weighted by Gasteiger charge is 2.41. The van der Waals surface area contributed by atoms with E-state index in [9.17, 15) is 14.4 Å². The molecular formula is C24H27BrCl2N2O4. The molecule has 178 valence electrons. The summed E-state index contributed by atoms with van der Waals surface area (Å²) in [7, 11) is 1.62. The molecule has 0 aliphatic carbocycles. The molecule has 6 nitrogen and oxygen atoms in total. The largest absolute Gasteiger partial charge is 0.481 e. The van der Waals surface area contributed by atoms with Crippen LogP contribution >= 0.6 is 39.1 Å². The first-order valence-corrected chi connectivity index (χ1v) is 12.0. The zero-order valence-corrected chi connectivity index (χ0v) is 21.7. The fourth-order valence-corrected chi connectivity index (χ4v) is 4.44. The number of anilines is 1. The van der Waals surface area contributed by atoms with Gasteiger partial charge >= 0.3 is 5.97 Å². The maximum absolute atomic E-state index is 13.8. The highest BCUT2D eigenvalue weighted by molar-refractivity contribution is 9.10. The number of carbonyl (C=O) groups is 3. The number of hydrogen-bond acceptors (Lipinski definition) is 3. The van der Waals surface area contributed by atoms with Gasteiger partial charge in [0.15, 0.2) is 0 Å². The summed E-state index contributed by atoms with van der Waals surface area (Å²) >= 11 is 15.7. The number of likely N-dealkylation sites (N-methyl/N-ethyl adjacent to an activating group) is 1. The third-order valence-electron chi connectivity index (χ3n) is 5.51. The first kappa shape index (κ1) is 27.2. The molecule has 0 aromatic heterocycles. The van der Waals surface area contributed by atoms with Crippen LogP contribution in [0.4, 0.5) is 5.69 Å². The molecule has 0 spiro atoms. The van der Waals surface area contributed by atoms with Gasteiger partial charge in [0.05, 0.1) is 0 Å². The Balaban J connectivity index is 2.33. The second-order valence-electron chi connectivity index (χ2n) is 8.07. The monoisotopic (exact) mass is 556 g/mol. The topological polar surface area (TPSA) is 77.9 Å². The van der Waals surface area contributed by atoms with Crippen molar-refractivity contribution in [1.29, 1.82) is 0 Å². The summed E-state index contributed by atoms with van der Waals surface area (Å²) < 4.78 is 0.913. The quantitative estimate of drug-likeness (QED) is 0.263. The van der Waals surface area contributed by atoms with Crippen LogP contribution in [0.1, 0.15) is 38.2 Å². The summed E-state index contributed by atoms with van der Waals surface area (Å²) in [6, 6.07) is 12.4. The summed E-state index contributed by atoms with van der Waals surface area (Å²) in [6.07, 6.45) is 2.80. The van der Waals surface area contributed by atoms with Gasteiger partial charge in [-0.1, -0.05) is 57.7 Å². The lowest BCUT2D eigenvalue weighted by Crippen LogP contribution is -2.58. The number of unbranched alkanes of at least 4 members (excludes halogenated alkanes) is 2. The number of benzene rings is 2. The van der Waals surface area contributed by atoms with Crippen LogP contribution in [0.3, 0.4) is 0 Å². The van der Waals surface area contributed by atoms with Gasteiger partial charge in [0.2, 0.25) is 6.41 Å². The lowest BCUT2D eigenvalue weighted by Gasteiger charge is -2.40. The number of carbonyl (C=O) groups excluding carboxylic acids is 2. The van der Waals surface area contributed by atoms with Gasteiger partial charge < -0.3 is 14.9 Å². The molecule has 0 saturated heterocycles. The van der Waals surface area contributed by atoms with E-state index in [0.717, 1.165) is 10.0 Å². The molecule has 2 aromatic rings. The Morgan fingerprint density at radius 1 is 1.06 bits per heavy atom. The maximum atomic E-state index is 13.8. The number of carboxylic acids is 1. The van der Waals surface area contributed by atoms with Crippen molar-refractivity contribution in [3.63, 3.8) is 0 Å². The second kappa shape index (κ2) is 12.4. The standard InChI is InChI=1S/C24H27BrCl2N2O4/c1-24(15-17-7-9-18(25)10-8-17,29(16-30)11-5-3-4-6-22(31)32)23(33)28(2)21-13-19(26)12-20(27)14-21/h7-10,12-14,16H,3-6,11,15H2,1-2H3,(H,31,32)/t24-/m1/s1. The van der Waals surface area contributed by atoms with E-state index < -0.39 is 11.5 Å². The minimum absolute atomic E-state index is 0.0778. The Bertz CT molecular complexity index is 967. The minimum atomic E-state index is -1.19. The predicted octanol–water partition coefficient (Wildman–Crippen LogP) is 5.82. The highest BCUT2D eigenvalue weighted by atomic mass is 79.9. The molecule has 0 aliphatic rings. The molecule has 0 heterocycles. The van der Waals surface area contributed by atoms with Gasteiger partial charge in [-0.05, 0) is 55.7 Å². The van der Waals surface area contributed by atoms with Gasteiger partial charge in [-0.2, -0.15) is 0 Å². The Labute approximate surface area is 212 Å². The van der Waals surface area contributed by atoms with Crippen molar-refractivity contribution >= 4 is 63.1 Å². The number of nitrogens with zero attached hydrogens (tertiary/aromatic N) is 2. The average molecular weight is 558 g/mol. The van der Waals surface area contributed by atoms with Crippen LogP contribution in [0, 0.1) is 0 Å². The molecule has 0 unspecified atom stereocenters. The lowest BCUT2D eigenvalue weighted by atomic mass is 9.89. The summed E-state index contributed by atoms with van der Waals surface area (Å²) in [5.41, 5.74) is 0.225. The fraction of sp³-hybridized carbons (Fsp3) is 0.375. The van der Waals surface area contributed by atoms with E-state index in [1.54, 1.807) is 32.2 Å². The van der Waals surface area contributed by atoms with E-state index in [0.29, 0.717) is 54.4 Å². The molecule has 2 amide bonds. The third-order valence-corrected chi connectivity index (χ3v) is 6.48. The minimum Gasteiger partial charge on any atom is -0.481 e. The van der Waals surface area contributed by atoms with E-state index >= 15 is 0 Å². The third kappa shape index (κ3) is 7.73. The first-order chi connectivity index (χ1) is 15.6. The van der Waals surface area contributed by atoms with Crippen LogP contribution < -0.4 is 4.90 Å². The van der Waals surface area contributed by atoms with Crippen molar-refractivity contribution in [1.82, 2.24) is 4.90 Å². The second-order valence-corrected chi connectivity index (χ2v) is 9.86. The first-order valence-electron chi connectivity index (χ1n) is 10.5. The molecule has 1 N–H and O–H groups in total. The van der Waals surface area contributed by atoms with Gasteiger partial charge in [-0.3, -0.25) is 14.4 Å². The molecular weight excluding hydrogens is 531 g/mol. The average Bonchev–Trinajstić information content (AvgIpc) is 2.75. The maximum Gasteiger partial charge on any atom is 0.303 e. The van der Waals surface area contributed by atoms with Crippen LogP contribution in [-0.2, 0) is 20.8 Å². The summed E-state index contributed by atoms with van der Waals surface area (Å²) in [5.74, 6) is -1.14. The van der Waals surface area contributed by atoms with Crippen molar-refractivity contribution in [2.75, 3.05) is 18.5 Å². The van der Waals surface area contributed by atoms with E-state index in [4.69, 9.17) is 28.3 Å². The number of amides is 2. The van der Waals surface area contributed by atoms with E-state index in [-0.39, 0.29) is 12.3 Å². The van der Waals surface area contributed by atoms with Crippen molar-refractivity contribution in [3.8, 4) is 0 Å². The molecule has 2 rings (SSSR count). The fourth-order valence-electron chi connectivity index (χ4n) is 3.66. The van der Waals surface area contributed by atoms with E-state index in [1.165, 1.54) is 9.80 Å². The lowest BCUT2D eigenvalue weighted by molar-refractivity contribution is -0.137. The van der Waals surface area contributed by atoms with E-state index in [1.807, 2.05) is 24.3 Å². The SMILES string of the molecule is CN(C(=O)[C@@](C)(Cc1ccc(Br)cc1)N(C=O)CCCCCC(=O)O)c1cc(Cl)cc(Cl)c1. The Hall–Kier alpha value is -2.09. The van der Waals surface area contributed by atoms with Gasteiger partial charge in [-0.25, -0.2) is 0 Å². The molecule has 0 saturated carbocycles.